The van der Waals surface area contributed by atoms with Crippen molar-refractivity contribution in [3.63, 3.8) is 0 Å². The fourth-order valence-corrected chi connectivity index (χ4v) is 2.18. The summed E-state index contributed by atoms with van der Waals surface area (Å²) in [5.41, 5.74) is 26.7. The lowest BCUT2D eigenvalue weighted by Gasteiger charge is -2.12. The molecular weight excluding hydrogens is 283 g/mol. The summed E-state index contributed by atoms with van der Waals surface area (Å²) in [6.07, 6.45) is 0.512. The van der Waals surface area contributed by atoms with Crippen molar-refractivity contribution in [1.82, 2.24) is 0 Å². The smallest absolute Gasteiger partial charge is 0.0867 e. The number of nitrogen functional groups attached to an aromatic ring is 4. The Labute approximate surface area is 121 Å². The highest BCUT2D eigenvalue weighted by atomic mass is 35.5. The Morgan fingerprint density at radius 2 is 1.05 bits per heavy atom. The summed E-state index contributed by atoms with van der Waals surface area (Å²) in [4.78, 5) is 0. The second kappa shape index (κ2) is 5.07. The number of hydrogen-bond donors (Lipinski definition) is 4. The Kier molecular flexibility index (Phi) is 3.64. The van der Waals surface area contributed by atoms with E-state index in [4.69, 9.17) is 46.1 Å². The van der Waals surface area contributed by atoms with Crippen LogP contribution in [-0.4, -0.2) is 0 Å². The standard InChI is InChI=1S/C13H14Cl2N4/c14-10-8(16)3-1-6(12(10)18)5-7-2-4-9(17)11(15)13(7)19/h1-4H,5,16-19H2. The van der Waals surface area contributed by atoms with E-state index in [2.05, 4.69) is 0 Å². The summed E-state index contributed by atoms with van der Waals surface area (Å²) in [6, 6.07) is 7.06. The highest BCUT2D eigenvalue weighted by Gasteiger charge is 2.11. The van der Waals surface area contributed by atoms with Gasteiger partial charge >= 0.3 is 0 Å². The molecule has 19 heavy (non-hydrogen) atoms. The molecular formula is C13H14Cl2N4. The Morgan fingerprint density at radius 3 is 1.42 bits per heavy atom. The van der Waals surface area contributed by atoms with E-state index in [1.807, 2.05) is 12.1 Å². The van der Waals surface area contributed by atoms with Gasteiger partial charge in [0.05, 0.1) is 32.8 Å². The zero-order valence-electron chi connectivity index (χ0n) is 10.1. The minimum absolute atomic E-state index is 0.359. The van der Waals surface area contributed by atoms with Gasteiger partial charge < -0.3 is 22.9 Å². The predicted octanol–water partition coefficient (Wildman–Crippen LogP) is 2.91. The maximum atomic E-state index is 6.02. The number of benzene rings is 2. The second-order valence-electron chi connectivity index (χ2n) is 4.26. The van der Waals surface area contributed by atoms with Crippen LogP contribution in [0.5, 0.6) is 0 Å². The van der Waals surface area contributed by atoms with Gasteiger partial charge in [0.25, 0.3) is 0 Å². The van der Waals surface area contributed by atoms with Gasteiger partial charge in [-0.15, -0.1) is 0 Å². The van der Waals surface area contributed by atoms with Crippen molar-refractivity contribution in [2.24, 2.45) is 0 Å². The molecule has 0 aliphatic heterocycles. The molecule has 0 radical (unpaired) electrons. The highest BCUT2D eigenvalue weighted by molar-refractivity contribution is 6.36. The summed E-state index contributed by atoms with van der Waals surface area (Å²) in [7, 11) is 0. The average Bonchev–Trinajstić information content (AvgIpc) is 2.39. The topological polar surface area (TPSA) is 104 Å². The monoisotopic (exact) mass is 296 g/mol. The molecule has 6 heteroatoms. The molecule has 2 rings (SSSR count). The fraction of sp³-hybridized carbons (Fsp3) is 0.0769. The quantitative estimate of drug-likeness (QED) is 0.640. The zero-order valence-corrected chi connectivity index (χ0v) is 11.6. The summed E-state index contributed by atoms with van der Waals surface area (Å²) in [5, 5.41) is 0.718. The third kappa shape index (κ3) is 2.50. The molecule has 0 aliphatic carbocycles. The summed E-state index contributed by atoms with van der Waals surface area (Å²) >= 11 is 12.0. The lowest BCUT2D eigenvalue weighted by atomic mass is 10.0. The predicted molar refractivity (Wildman–Crippen MR) is 83.4 cm³/mol. The molecule has 2 aromatic carbocycles. The van der Waals surface area contributed by atoms with E-state index in [1.54, 1.807) is 12.1 Å². The molecule has 0 aliphatic rings. The Hall–Kier alpha value is -1.78. The maximum absolute atomic E-state index is 6.02. The molecule has 0 heterocycles. The van der Waals surface area contributed by atoms with Crippen LogP contribution in [0.15, 0.2) is 24.3 Å². The molecule has 4 nitrogen and oxygen atoms in total. The van der Waals surface area contributed by atoms with Gasteiger partial charge in [0, 0.05) is 6.42 Å². The van der Waals surface area contributed by atoms with E-state index in [0.29, 0.717) is 39.2 Å². The average molecular weight is 297 g/mol. The van der Waals surface area contributed by atoms with Crippen LogP contribution in [0.25, 0.3) is 0 Å². The first kappa shape index (κ1) is 13.6. The van der Waals surface area contributed by atoms with Gasteiger partial charge in [0.2, 0.25) is 0 Å². The van der Waals surface area contributed by atoms with Crippen molar-refractivity contribution in [2.75, 3.05) is 22.9 Å². The minimum atomic E-state index is 0.359. The lowest BCUT2D eigenvalue weighted by molar-refractivity contribution is 1.20. The second-order valence-corrected chi connectivity index (χ2v) is 5.02. The molecule has 0 saturated heterocycles. The van der Waals surface area contributed by atoms with Crippen molar-refractivity contribution in [3.8, 4) is 0 Å². The van der Waals surface area contributed by atoms with Gasteiger partial charge in [-0.1, -0.05) is 35.3 Å². The summed E-state index contributed by atoms with van der Waals surface area (Å²) in [5.74, 6) is 0. The van der Waals surface area contributed by atoms with Crippen molar-refractivity contribution in [2.45, 2.75) is 6.42 Å². The molecule has 8 N–H and O–H groups in total. The van der Waals surface area contributed by atoms with E-state index < -0.39 is 0 Å². The summed E-state index contributed by atoms with van der Waals surface area (Å²) < 4.78 is 0. The normalized spacial score (nSPS) is 10.6. The van der Waals surface area contributed by atoms with E-state index in [1.165, 1.54) is 0 Å². The molecule has 0 aromatic heterocycles. The van der Waals surface area contributed by atoms with E-state index in [9.17, 15) is 0 Å². The van der Waals surface area contributed by atoms with Crippen LogP contribution in [0.1, 0.15) is 11.1 Å². The first-order chi connectivity index (χ1) is 8.91. The van der Waals surface area contributed by atoms with E-state index in [-0.39, 0.29) is 0 Å². The number of halogens is 2. The lowest BCUT2D eigenvalue weighted by Crippen LogP contribution is -2.03. The highest BCUT2D eigenvalue weighted by Crippen LogP contribution is 2.34. The minimum Gasteiger partial charge on any atom is -0.397 e. The first-order valence-corrected chi connectivity index (χ1v) is 6.32. The van der Waals surface area contributed by atoms with E-state index in [0.717, 1.165) is 11.1 Å². The number of nitrogens with two attached hydrogens (primary N) is 4. The van der Waals surface area contributed by atoms with Crippen molar-refractivity contribution >= 4 is 46.0 Å². The van der Waals surface area contributed by atoms with Crippen LogP contribution in [0.2, 0.25) is 10.0 Å². The van der Waals surface area contributed by atoms with Crippen molar-refractivity contribution in [1.29, 1.82) is 0 Å². The zero-order chi connectivity index (χ0) is 14.2. The molecule has 0 amide bonds. The molecule has 100 valence electrons. The van der Waals surface area contributed by atoms with E-state index >= 15 is 0 Å². The molecule has 0 atom stereocenters. The van der Waals surface area contributed by atoms with Crippen LogP contribution in [0, 0.1) is 0 Å². The maximum Gasteiger partial charge on any atom is 0.0867 e. The molecule has 0 unspecified atom stereocenters. The Morgan fingerprint density at radius 1 is 0.684 bits per heavy atom. The molecule has 0 spiro atoms. The van der Waals surface area contributed by atoms with Gasteiger partial charge in [0.15, 0.2) is 0 Å². The van der Waals surface area contributed by atoms with Gasteiger partial charge in [-0.25, -0.2) is 0 Å². The fourth-order valence-electron chi connectivity index (χ4n) is 1.81. The molecule has 0 fully saturated rings. The van der Waals surface area contributed by atoms with Crippen LogP contribution < -0.4 is 22.9 Å². The van der Waals surface area contributed by atoms with Gasteiger partial charge in [0.1, 0.15) is 0 Å². The van der Waals surface area contributed by atoms with Crippen LogP contribution in [-0.2, 0) is 6.42 Å². The van der Waals surface area contributed by atoms with Crippen LogP contribution in [0.3, 0.4) is 0 Å². The van der Waals surface area contributed by atoms with Gasteiger partial charge in [-0.3, -0.25) is 0 Å². The van der Waals surface area contributed by atoms with Crippen molar-refractivity contribution < 1.29 is 0 Å². The van der Waals surface area contributed by atoms with Gasteiger partial charge in [-0.2, -0.15) is 0 Å². The molecule has 2 aromatic rings. The third-order valence-corrected chi connectivity index (χ3v) is 3.82. The molecule has 0 bridgehead atoms. The Balaban J connectivity index is 2.43. The van der Waals surface area contributed by atoms with Crippen LogP contribution >= 0.6 is 23.2 Å². The molecule has 0 saturated carbocycles. The Bertz CT molecular complexity index is 586. The SMILES string of the molecule is Nc1ccc(Cc2ccc(N)c(Cl)c2N)c(N)c1Cl. The largest absolute Gasteiger partial charge is 0.397 e. The third-order valence-electron chi connectivity index (χ3n) is 2.98. The first-order valence-electron chi connectivity index (χ1n) is 5.56. The number of hydrogen-bond acceptors (Lipinski definition) is 4. The number of rotatable bonds is 2. The summed E-state index contributed by atoms with van der Waals surface area (Å²) in [6.45, 7) is 0. The van der Waals surface area contributed by atoms with Crippen LogP contribution in [0.4, 0.5) is 22.7 Å². The van der Waals surface area contributed by atoms with Gasteiger partial charge in [-0.05, 0) is 23.3 Å². The number of anilines is 4. The van der Waals surface area contributed by atoms with Crippen molar-refractivity contribution in [3.05, 3.63) is 45.4 Å².